The van der Waals surface area contributed by atoms with E-state index in [1.807, 2.05) is 24.8 Å². The monoisotopic (exact) mass is 442 g/mol. The van der Waals surface area contributed by atoms with E-state index < -0.39 is 0 Å². The average Bonchev–Trinajstić information content (AvgIpc) is 3.40. The lowest BCUT2D eigenvalue weighted by molar-refractivity contribution is -0.00294. The van der Waals surface area contributed by atoms with Gasteiger partial charge in [0.1, 0.15) is 17.2 Å². The lowest BCUT2D eigenvalue weighted by Crippen LogP contribution is -2.58. The second kappa shape index (κ2) is 8.35. The fourth-order valence-electron chi connectivity index (χ4n) is 5.62. The Balaban J connectivity index is 1.20. The summed E-state index contributed by atoms with van der Waals surface area (Å²) in [7, 11) is 0. The Bertz CT molecular complexity index is 981. The molecule has 3 fully saturated rings. The van der Waals surface area contributed by atoms with Crippen molar-refractivity contribution in [2.45, 2.75) is 39.2 Å². The molecule has 1 spiro atoms. The number of H-pyrrole nitrogens is 1. The quantitative estimate of drug-likeness (QED) is 0.784. The molecule has 1 amide bonds. The number of rotatable bonds is 4. The molecule has 2 aliphatic heterocycles. The van der Waals surface area contributed by atoms with Crippen LogP contribution in [0.3, 0.4) is 0 Å². The van der Waals surface area contributed by atoms with Crippen LogP contribution in [0.5, 0.6) is 0 Å². The molecule has 0 radical (unpaired) electrons. The Kier molecular flexibility index (Phi) is 5.53. The van der Waals surface area contributed by atoms with Gasteiger partial charge >= 0.3 is 6.09 Å². The van der Waals surface area contributed by atoms with Crippen LogP contribution in [0.15, 0.2) is 18.3 Å². The summed E-state index contributed by atoms with van der Waals surface area (Å²) in [4.78, 5) is 22.9. The molecule has 0 bridgehead atoms. The summed E-state index contributed by atoms with van der Waals surface area (Å²) >= 11 is 0. The molecule has 1 unspecified atom stereocenters. The van der Waals surface area contributed by atoms with E-state index in [4.69, 9.17) is 4.74 Å². The minimum Gasteiger partial charge on any atom is -0.450 e. The highest BCUT2D eigenvalue weighted by Gasteiger charge is 2.51. The maximum atomic E-state index is 14.0. The van der Waals surface area contributed by atoms with E-state index in [0.29, 0.717) is 12.6 Å². The number of likely N-dealkylation sites (tertiary alicyclic amines) is 1. The number of halogens is 1. The number of nitrogens with one attached hydrogen (secondary N) is 1. The molecule has 4 heterocycles. The van der Waals surface area contributed by atoms with Crippen LogP contribution in [0.1, 0.15) is 31.9 Å². The summed E-state index contributed by atoms with van der Waals surface area (Å²) in [6.45, 7) is 9.42. The molecule has 3 aliphatic rings. The smallest absolute Gasteiger partial charge is 0.409 e. The minimum absolute atomic E-state index is 0.179. The number of hydrogen-bond acceptors (Lipinski definition) is 6. The van der Waals surface area contributed by atoms with Gasteiger partial charge < -0.3 is 14.5 Å². The lowest BCUT2D eigenvalue weighted by Gasteiger charge is -2.48. The third kappa shape index (κ3) is 3.94. The molecule has 1 saturated carbocycles. The van der Waals surface area contributed by atoms with Crippen LogP contribution in [-0.4, -0.2) is 83.0 Å². The third-order valence-electron chi connectivity index (χ3n) is 7.21. The van der Waals surface area contributed by atoms with Crippen LogP contribution in [0.25, 0.3) is 11.4 Å². The fourth-order valence-corrected chi connectivity index (χ4v) is 5.62. The van der Waals surface area contributed by atoms with Crippen molar-refractivity contribution in [3.8, 4) is 11.4 Å². The summed E-state index contributed by atoms with van der Waals surface area (Å²) in [5.41, 5.74) is 3.50. The average molecular weight is 443 g/mol. The van der Waals surface area contributed by atoms with Crippen LogP contribution in [0, 0.1) is 18.2 Å². The number of nitrogens with zero attached hydrogens (tertiary/aromatic N) is 5. The normalized spacial score (nSPS) is 22.9. The summed E-state index contributed by atoms with van der Waals surface area (Å²) in [6.07, 6.45) is 4.57. The molecule has 0 aromatic carbocycles. The Hall–Kier alpha value is -2.68. The Morgan fingerprint density at radius 2 is 2.06 bits per heavy atom. The van der Waals surface area contributed by atoms with Gasteiger partial charge in [0.05, 0.1) is 18.5 Å². The molecule has 172 valence electrons. The van der Waals surface area contributed by atoms with E-state index in [2.05, 4.69) is 25.0 Å². The number of carbonyl (C=O) groups excluding carboxylic acids is 1. The van der Waals surface area contributed by atoms with Gasteiger partial charge in [0.15, 0.2) is 0 Å². The largest absolute Gasteiger partial charge is 0.450 e. The van der Waals surface area contributed by atoms with Gasteiger partial charge in [-0.25, -0.2) is 14.2 Å². The molecule has 2 saturated heterocycles. The van der Waals surface area contributed by atoms with E-state index in [-0.39, 0.29) is 17.3 Å². The van der Waals surface area contributed by atoms with Crippen LogP contribution in [-0.2, 0) is 4.74 Å². The van der Waals surface area contributed by atoms with Crippen molar-refractivity contribution in [2.75, 3.05) is 50.8 Å². The maximum absolute atomic E-state index is 14.0. The first-order valence-electron chi connectivity index (χ1n) is 11.5. The zero-order valence-electron chi connectivity index (χ0n) is 18.8. The van der Waals surface area contributed by atoms with E-state index in [1.54, 1.807) is 6.07 Å². The Labute approximate surface area is 187 Å². The van der Waals surface area contributed by atoms with Gasteiger partial charge in [0.25, 0.3) is 0 Å². The standard InChI is InChI=1S/C23H31FN6O2/c1-3-32-22(31)30-14-23(15-30)5-4-18(12-23)28-6-8-29(9-7-28)20-11-17(24)13-25-21(20)19-10-16(2)26-27-19/h10-11,13,18H,3-9,12,14-15H2,1-2H3,(H,26,27). The van der Waals surface area contributed by atoms with E-state index >= 15 is 0 Å². The zero-order valence-corrected chi connectivity index (χ0v) is 18.8. The van der Waals surface area contributed by atoms with Crippen molar-refractivity contribution < 1.29 is 13.9 Å². The third-order valence-corrected chi connectivity index (χ3v) is 7.21. The molecule has 9 heteroatoms. The van der Waals surface area contributed by atoms with Gasteiger partial charge in [-0.1, -0.05) is 0 Å². The number of anilines is 1. The lowest BCUT2D eigenvalue weighted by atomic mass is 9.78. The summed E-state index contributed by atoms with van der Waals surface area (Å²) < 4.78 is 19.2. The molecule has 1 atom stereocenters. The van der Waals surface area contributed by atoms with Crippen molar-refractivity contribution in [3.63, 3.8) is 0 Å². The second-order valence-corrected chi connectivity index (χ2v) is 9.43. The Morgan fingerprint density at radius 3 is 2.75 bits per heavy atom. The molecule has 32 heavy (non-hydrogen) atoms. The van der Waals surface area contributed by atoms with Crippen molar-refractivity contribution in [1.82, 2.24) is 25.0 Å². The molecule has 2 aromatic heterocycles. The van der Waals surface area contributed by atoms with Crippen LogP contribution in [0.4, 0.5) is 14.9 Å². The molecule has 1 N–H and O–H groups in total. The highest BCUT2D eigenvalue weighted by molar-refractivity contribution is 5.73. The van der Waals surface area contributed by atoms with Gasteiger partial charge in [-0.3, -0.25) is 10.00 Å². The zero-order chi connectivity index (χ0) is 22.3. The number of amides is 1. The van der Waals surface area contributed by atoms with Crippen molar-refractivity contribution >= 4 is 11.8 Å². The molecular weight excluding hydrogens is 411 g/mol. The van der Waals surface area contributed by atoms with Gasteiger partial charge in [-0.05, 0) is 39.2 Å². The number of aromatic nitrogens is 3. The first-order valence-corrected chi connectivity index (χ1v) is 11.5. The van der Waals surface area contributed by atoms with Crippen LogP contribution in [0.2, 0.25) is 0 Å². The first-order chi connectivity index (χ1) is 15.5. The SMILES string of the molecule is CCOC(=O)N1CC2(CCC(N3CCN(c4cc(F)cnc4-c4cc(C)[nH]n4)CC3)C2)C1. The van der Waals surface area contributed by atoms with E-state index in [1.165, 1.54) is 19.0 Å². The van der Waals surface area contributed by atoms with Gasteiger partial charge in [0.2, 0.25) is 0 Å². The van der Waals surface area contributed by atoms with Gasteiger partial charge in [-0.15, -0.1) is 0 Å². The number of pyridine rings is 1. The van der Waals surface area contributed by atoms with Crippen LogP contribution < -0.4 is 4.90 Å². The number of aryl methyl sites for hydroxylation is 1. The number of piperazine rings is 1. The number of aromatic amines is 1. The van der Waals surface area contributed by atoms with Gasteiger partial charge in [-0.2, -0.15) is 5.10 Å². The summed E-state index contributed by atoms with van der Waals surface area (Å²) in [6, 6.07) is 4.07. The number of carbonyl (C=O) groups is 1. The number of ether oxygens (including phenoxy) is 1. The first kappa shape index (κ1) is 21.2. The highest BCUT2D eigenvalue weighted by atomic mass is 19.1. The second-order valence-electron chi connectivity index (χ2n) is 9.43. The topological polar surface area (TPSA) is 77.6 Å². The predicted octanol–water partition coefficient (Wildman–Crippen LogP) is 3.05. The van der Waals surface area contributed by atoms with Gasteiger partial charge in [0, 0.05) is 62.5 Å². The van der Waals surface area contributed by atoms with Crippen molar-refractivity contribution in [1.29, 1.82) is 0 Å². The maximum Gasteiger partial charge on any atom is 0.409 e. The van der Waals surface area contributed by atoms with Crippen molar-refractivity contribution in [2.24, 2.45) is 5.41 Å². The summed E-state index contributed by atoms with van der Waals surface area (Å²) in [5, 5.41) is 7.28. The number of hydrogen-bond donors (Lipinski definition) is 1. The fraction of sp³-hybridized carbons (Fsp3) is 0.609. The highest BCUT2D eigenvalue weighted by Crippen LogP contribution is 2.47. The molecule has 8 nitrogen and oxygen atoms in total. The van der Waals surface area contributed by atoms with Crippen molar-refractivity contribution in [3.05, 3.63) is 29.8 Å². The van der Waals surface area contributed by atoms with Crippen LogP contribution >= 0.6 is 0 Å². The summed E-state index contributed by atoms with van der Waals surface area (Å²) in [5.74, 6) is -0.327. The predicted molar refractivity (Wildman–Crippen MR) is 119 cm³/mol. The van der Waals surface area contributed by atoms with E-state index in [0.717, 1.165) is 68.5 Å². The minimum atomic E-state index is -0.327. The Morgan fingerprint density at radius 1 is 1.28 bits per heavy atom. The molecule has 2 aromatic rings. The molecule has 5 rings (SSSR count). The van der Waals surface area contributed by atoms with E-state index in [9.17, 15) is 9.18 Å². The molecular formula is C23H31FN6O2. The molecule has 1 aliphatic carbocycles.